The summed E-state index contributed by atoms with van der Waals surface area (Å²) >= 11 is 11.0. The van der Waals surface area contributed by atoms with Gasteiger partial charge in [-0.25, -0.2) is 14.2 Å². The van der Waals surface area contributed by atoms with E-state index in [-0.39, 0.29) is 39.2 Å². The molecule has 2 aromatic rings. The van der Waals surface area contributed by atoms with Crippen molar-refractivity contribution in [3.05, 3.63) is 44.7 Å². The average Bonchev–Trinajstić information content (AvgIpc) is 3.34. The van der Waals surface area contributed by atoms with Crippen molar-refractivity contribution in [2.24, 2.45) is 10.9 Å². The fourth-order valence-electron chi connectivity index (χ4n) is 4.11. The molecule has 0 aliphatic carbocycles. The van der Waals surface area contributed by atoms with Crippen molar-refractivity contribution in [3.8, 4) is 0 Å². The number of carboxylic acids is 1. The van der Waals surface area contributed by atoms with Gasteiger partial charge in [-0.3, -0.25) is 24.9 Å². The number of hydrogen-bond donors (Lipinski definition) is 7. The number of halogens is 2. The third-order valence-electron chi connectivity index (χ3n) is 6.04. The number of amides is 2. The van der Waals surface area contributed by atoms with Crippen molar-refractivity contribution in [2.75, 3.05) is 37.1 Å². The number of nitrogen functional groups attached to an aromatic ring is 1. The van der Waals surface area contributed by atoms with Gasteiger partial charge in [-0.2, -0.15) is 11.8 Å². The highest BCUT2D eigenvalue weighted by Gasteiger charge is 2.54. The number of alkyl halides is 1. The summed E-state index contributed by atoms with van der Waals surface area (Å²) < 4.78 is 12.6. The van der Waals surface area contributed by atoms with E-state index in [4.69, 9.17) is 33.3 Å². The molecule has 0 radical (unpaired) electrons. The van der Waals surface area contributed by atoms with E-state index in [1.54, 1.807) is 18.5 Å². The first-order valence-electron chi connectivity index (χ1n) is 12.9. The molecule has 3 atom stereocenters. The van der Waals surface area contributed by atoms with Crippen molar-refractivity contribution in [1.82, 2.24) is 25.5 Å². The highest BCUT2D eigenvalue weighted by molar-refractivity contribution is 8.06. The van der Waals surface area contributed by atoms with Crippen LogP contribution in [-0.2, 0) is 25.0 Å². The van der Waals surface area contributed by atoms with E-state index in [9.17, 15) is 29.0 Å². The first-order chi connectivity index (χ1) is 21.5. The van der Waals surface area contributed by atoms with Crippen LogP contribution >= 0.6 is 58.2 Å². The molecule has 1 saturated heterocycles. The number of guanidine groups is 1. The number of hydrogen-bond acceptors (Lipinski definition) is 14. The van der Waals surface area contributed by atoms with Crippen molar-refractivity contribution in [1.29, 1.82) is 5.41 Å². The maximum Gasteiger partial charge on any atom is 0.353 e. The Labute approximate surface area is 277 Å². The van der Waals surface area contributed by atoms with Gasteiger partial charge in [0.25, 0.3) is 11.8 Å². The molecule has 2 aliphatic heterocycles. The average molecular weight is 720 g/mol. The molecule has 0 spiro atoms. The number of pyridine rings is 1. The number of β-lactam (4-membered cyclic amide) rings is 1. The maximum absolute atomic E-state index is 13.3. The molecule has 242 valence electrons. The first-order valence-corrected chi connectivity index (χ1v) is 17.1. The lowest BCUT2D eigenvalue weighted by Crippen LogP contribution is -2.71. The van der Waals surface area contributed by atoms with Gasteiger partial charge in [0.15, 0.2) is 16.8 Å². The van der Waals surface area contributed by atoms with Gasteiger partial charge < -0.3 is 37.2 Å². The van der Waals surface area contributed by atoms with Gasteiger partial charge in [0.2, 0.25) is 0 Å². The monoisotopic (exact) mass is 719 g/mol. The number of carbonyl (C=O) groups is 3. The molecule has 4 heterocycles. The highest BCUT2D eigenvalue weighted by Crippen LogP contribution is 2.46. The Hall–Kier alpha value is -3.30. The number of thiazole rings is 1. The number of nitrogens with two attached hydrogens (primary N) is 2. The highest BCUT2D eigenvalue weighted by atomic mass is 35.5. The molecule has 45 heavy (non-hydrogen) atoms. The van der Waals surface area contributed by atoms with Crippen LogP contribution in [0.5, 0.6) is 0 Å². The SMILES string of the molecule is N=C(N)NC(CO)CSCc1cnccc1SC1=C(C(=O)O)N2C(=O)[C@@H](NC(=O)/C(=N\OCCF)c3nc(N)sc3Cl)[C@@H]2SC1. The van der Waals surface area contributed by atoms with E-state index in [1.807, 2.05) is 0 Å². The molecule has 0 aromatic carbocycles. The van der Waals surface area contributed by atoms with Crippen LogP contribution in [-0.4, -0.2) is 103 Å². The Balaban J connectivity index is 1.49. The number of rotatable bonds is 15. The summed E-state index contributed by atoms with van der Waals surface area (Å²) in [4.78, 5) is 54.1. The minimum Gasteiger partial charge on any atom is -0.477 e. The van der Waals surface area contributed by atoms with Gasteiger partial charge in [0.05, 0.1) is 12.6 Å². The van der Waals surface area contributed by atoms with E-state index in [2.05, 4.69) is 25.8 Å². The van der Waals surface area contributed by atoms with Gasteiger partial charge in [-0.05, 0) is 11.6 Å². The van der Waals surface area contributed by atoms with E-state index in [0.29, 0.717) is 16.4 Å². The molecule has 9 N–H and O–H groups in total. The van der Waals surface area contributed by atoms with Gasteiger partial charge >= 0.3 is 5.97 Å². The summed E-state index contributed by atoms with van der Waals surface area (Å²) in [6.07, 6.45) is 3.23. The summed E-state index contributed by atoms with van der Waals surface area (Å²) in [5.41, 5.74) is 11.1. The molecule has 0 saturated carbocycles. The van der Waals surface area contributed by atoms with Crippen LogP contribution in [0.3, 0.4) is 0 Å². The third kappa shape index (κ3) is 8.30. The number of carbonyl (C=O) groups excluding carboxylic acids is 2. The molecular weight excluding hydrogens is 693 g/mol. The summed E-state index contributed by atoms with van der Waals surface area (Å²) in [5.74, 6) is -1.95. The largest absolute Gasteiger partial charge is 0.477 e. The molecular formula is C24H27ClFN9O6S4. The van der Waals surface area contributed by atoms with Gasteiger partial charge in [-0.15, -0.1) is 11.8 Å². The predicted octanol–water partition coefficient (Wildman–Crippen LogP) is 1.03. The number of oxime groups is 1. The Morgan fingerprint density at radius 1 is 1.42 bits per heavy atom. The zero-order valence-electron chi connectivity index (χ0n) is 23.1. The maximum atomic E-state index is 13.3. The van der Waals surface area contributed by atoms with Crippen LogP contribution in [0.1, 0.15) is 11.3 Å². The molecule has 0 bridgehead atoms. The zero-order chi connectivity index (χ0) is 32.7. The molecule has 2 amide bonds. The van der Waals surface area contributed by atoms with Crippen LogP contribution in [0, 0.1) is 5.41 Å². The van der Waals surface area contributed by atoms with Crippen LogP contribution in [0.25, 0.3) is 0 Å². The van der Waals surface area contributed by atoms with Gasteiger partial charge in [-0.1, -0.05) is 39.9 Å². The normalized spacial score (nSPS) is 18.6. The molecule has 15 nitrogen and oxygen atoms in total. The Morgan fingerprint density at radius 3 is 2.84 bits per heavy atom. The number of aromatic nitrogens is 2. The summed E-state index contributed by atoms with van der Waals surface area (Å²) in [7, 11) is 0. The molecule has 4 rings (SSSR count). The quantitative estimate of drug-likeness (QED) is 0.0447. The number of carboxylic acid groups (broad SMARTS) is 1. The number of aliphatic carboxylic acids is 1. The van der Waals surface area contributed by atoms with Crippen molar-refractivity contribution >= 4 is 92.8 Å². The fourth-order valence-corrected chi connectivity index (χ4v) is 8.73. The van der Waals surface area contributed by atoms with E-state index >= 15 is 0 Å². The number of anilines is 1. The minimum atomic E-state index is -1.31. The fraction of sp³-hybridized carbons (Fsp3) is 0.375. The summed E-state index contributed by atoms with van der Waals surface area (Å²) in [5, 5.41) is 35.1. The molecule has 1 fully saturated rings. The van der Waals surface area contributed by atoms with Crippen LogP contribution in [0.2, 0.25) is 4.34 Å². The number of nitrogens with zero attached hydrogens (tertiary/aromatic N) is 4. The van der Waals surface area contributed by atoms with Gasteiger partial charge in [0.1, 0.15) is 40.4 Å². The van der Waals surface area contributed by atoms with Crippen molar-refractivity contribution < 1.29 is 33.8 Å². The van der Waals surface area contributed by atoms with E-state index in [1.165, 1.54) is 35.3 Å². The molecule has 2 aromatic heterocycles. The van der Waals surface area contributed by atoms with Crippen LogP contribution < -0.4 is 22.1 Å². The predicted molar refractivity (Wildman–Crippen MR) is 172 cm³/mol. The molecule has 1 unspecified atom stereocenters. The van der Waals surface area contributed by atoms with E-state index < -0.39 is 54.2 Å². The first kappa shape index (κ1) is 34.6. The number of nitrogens with one attached hydrogen (secondary N) is 3. The van der Waals surface area contributed by atoms with E-state index in [0.717, 1.165) is 26.7 Å². The second-order valence-electron chi connectivity index (χ2n) is 9.11. The Bertz CT molecular complexity index is 1530. The van der Waals surface area contributed by atoms with Gasteiger partial charge in [0, 0.05) is 39.5 Å². The van der Waals surface area contributed by atoms with Crippen molar-refractivity contribution in [3.63, 3.8) is 0 Å². The standard InChI is InChI=1S/C24H27ClFN9O6S4/c25-18-14(33-24(29)45-18)15(34-41-4-2-26)19(37)32-16-20(38)35-17(22(39)40)13(9-43-21(16)35)44-12-1-3-30-5-10(12)7-42-8-11(6-36)31-23(27)28/h1,3,5,11,16,21,36H,2,4,6-9H2,(H2,29,33)(H,32,37)(H,39,40)(H4,27,28,31)/b34-15-/t11?,16-,21+/m1/s1. The van der Waals surface area contributed by atoms with Crippen LogP contribution in [0.15, 0.2) is 39.1 Å². The minimum absolute atomic E-state index is 0.0337. The molecule has 21 heteroatoms. The summed E-state index contributed by atoms with van der Waals surface area (Å²) in [6.45, 7) is -1.52. The topological polar surface area (TPSA) is 242 Å². The summed E-state index contributed by atoms with van der Waals surface area (Å²) in [6, 6.07) is 0.228. The lowest BCUT2D eigenvalue weighted by molar-refractivity contribution is -0.150. The number of thioether (sulfide) groups is 3. The molecule has 2 aliphatic rings. The third-order valence-corrected chi connectivity index (χ3v) is 10.9. The van der Waals surface area contributed by atoms with Crippen LogP contribution in [0.4, 0.5) is 9.52 Å². The second kappa shape index (κ2) is 15.8. The smallest absolute Gasteiger partial charge is 0.353 e. The lowest BCUT2D eigenvalue weighted by Gasteiger charge is -2.49. The van der Waals surface area contributed by atoms with Crippen molar-refractivity contribution in [2.45, 2.75) is 28.1 Å². The Kier molecular flexibility index (Phi) is 12.1. The Morgan fingerprint density at radius 2 is 2.20 bits per heavy atom. The second-order valence-corrected chi connectivity index (χ2v) is 14.0. The number of aliphatic hydroxyl groups is 1. The number of fused-ring (bicyclic) bond motifs is 1. The zero-order valence-corrected chi connectivity index (χ0v) is 27.1. The lowest BCUT2D eigenvalue weighted by atomic mass is 10.0. The number of aliphatic hydroxyl groups excluding tert-OH is 1.